The van der Waals surface area contributed by atoms with E-state index in [4.69, 9.17) is 4.74 Å². The lowest BCUT2D eigenvalue weighted by molar-refractivity contribution is 0.0490. The monoisotopic (exact) mass is 528 g/mol. The number of guanidine groups is 1. The Labute approximate surface area is 198 Å². The molecule has 0 radical (unpaired) electrons. The minimum atomic E-state index is -0.458. The van der Waals surface area contributed by atoms with Crippen LogP contribution in [0.1, 0.15) is 71.3 Å². The highest BCUT2D eigenvalue weighted by molar-refractivity contribution is 14.0. The van der Waals surface area contributed by atoms with Crippen molar-refractivity contribution < 1.29 is 9.53 Å². The van der Waals surface area contributed by atoms with E-state index >= 15 is 0 Å². The lowest BCUT2D eigenvalue weighted by Crippen LogP contribution is -2.48. The van der Waals surface area contributed by atoms with Crippen molar-refractivity contribution in [2.75, 3.05) is 6.54 Å². The highest BCUT2D eigenvalue weighted by atomic mass is 127. The third kappa shape index (κ3) is 7.96. The molecule has 2 unspecified atom stereocenters. The van der Waals surface area contributed by atoms with E-state index in [9.17, 15) is 4.79 Å². The van der Waals surface area contributed by atoms with Gasteiger partial charge in [-0.25, -0.2) is 4.79 Å². The van der Waals surface area contributed by atoms with Gasteiger partial charge in [0.05, 0.1) is 0 Å². The topological polar surface area (TPSA) is 74.8 Å². The number of carbonyl (C=O) groups excluding carboxylic acids is 1. The van der Waals surface area contributed by atoms with Crippen LogP contribution in [0.5, 0.6) is 0 Å². The van der Waals surface area contributed by atoms with Gasteiger partial charge in [-0.2, -0.15) is 0 Å². The number of alkyl carbamates (subject to hydrolysis) is 1. The van der Waals surface area contributed by atoms with Crippen molar-refractivity contribution in [2.45, 2.75) is 89.4 Å². The summed E-state index contributed by atoms with van der Waals surface area (Å²) in [6, 6.07) is 11.7. The van der Waals surface area contributed by atoms with Gasteiger partial charge in [0.15, 0.2) is 5.96 Å². The summed E-state index contributed by atoms with van der Waals surface area (Å²) >= 11 is 0. The van der Waals surface area contributed by atoms with E-state index in [-0.39, 0.29) is 36.1 Å². The number of nitrogens with zero attached hydrogens (tertiary/aromatic N) is 1. The zero-order valence-corrected chi connectivity index (χ0v) is 20.9. The van der Waals surface area contributed by atoms with E-state index in [1.165, 1.54) is 5.56 Å². The van der Waals surface area contributed by atoms with Crippen molar-refractivity contribution in [1.29, 1.82) is 0 Å². The number of ether oxygens (including phenoxy) is 1. The molecule has 3 rings (SSSR count). The second-order valence-corrected chi connectivity index (χ2v) is 9.17. The number of benzene rings is 1. The minimum Gasteiger partial charge on any atom is -0.444 e. The molecule has 0 aliphatic heterocycles. The summed E-state index contributed by atoms with van der Waals surface area (Å²) in [5.74, 6) is 1.49. The summed E-state index contributed by atoms with van der Waals surface area (Å²) < 4.78 is 5.37. The Hall–Kier alpha value is -1.51. The van der Waals surface area contributed by atoms with Gasteiger partial charge in [-0.05, 0) is 65.4 Å². The molecule has 7 heteroatoms. The Morgan fingerprint density at radius 2 is 1.63 bits per heavy atom. The molecule has 1 amide bonds. The van der Waals surface area contributed by atoms with Crippen LogP contribution in [0.2, 0.25) is 0 Å². The zero-order chi connectivity index (χ0) is 20.9. The molecule has 168 valence electrons. The standard InChI is InChI=1S/C23H36N4O2.HI/c1-5-24-21(27-20-15-19(20)16-9-7-6-8-10-16)25-17-11-13-18(14-12-17)26-22(28)29-23(2,3)4;/h6-10,17-20H,5,11-15H2,1-4H3,(H,26,28)(H2,24,25,27);1H. The van der Waals surface area contributed by atoms with Gasteiger partial charge in [0.1, 0.15) is 5.60 Å². The number of amides is 1. The number of halogens is 1. The predicted octanol–water partition coefficient (Wildman–Crippen LogP) is 4.55. The molecule has 6 nitrogen and oxygen atoms in total. The summed E-state index contributed by atoms with van der Waals surface area (Å²) in [5, 5.41) is 10.2. The van der Waals surface area contributed by atoms with Crippen LogP contribution in [0.4, 0.5) is 4.79 Å². The normalized spacial score (nSPS) is 26.2. The molecule has 0 saturated heterocycles. The van der Waals surface area contributed by atoms with E-state index in [1.54, 1.807) is 0 Å². The molecule has 0 bridgehead atoms. The van der Waals surface area contributed by atoms with Crippen LogP contribution in [-0.2, 0) is 4.74 Å². The second-order valence-electron chi connectivity index (χ2n) is 9.17. The Morgan fingerprint density at radius 1 is 1.03 bits per heavy atom. The van der Waals surface area contributed by atoms with E-state index in [2.05, 4.69) is 58.2 Å². The van der Waals surface area contributed by atoms with Crippen molar-refractivity contribution in [3.63, 3.8) is 0 Å². The molecule has 30 heavy (non-hydrogen) atoms. The van der Waals surface area contributed by atoms with E-state index in [1.807, 2.05) is 20.8 Å². The van der Waals surface area contributed by atoms with Crippen LogP contribution in [0, 0.1) is 0 Å². The molecule has 0 aromatic heterocycles. The summed E-state index contributed by atoms with van der Waals surface area (Å²) in [6.45, 7) is 8.48. The molecule has 2 atom stereocenters. The van der Waals surface area contributed by atoms with Gasteiger partial charge in [0.2, 0.25) is 0 Å². The first-order valence-electron chi connectivity index (χ1n) is 11.0. The fourth-order valence-electron chi connectivity index (χ4n) is 3.94. The van der Waals surface area contributed by atoms with E-state index in [0.717, 1.165) is 44.6 Å². The zero-order valence-electron chi connectivity index (χ0n) is 18.6. The molecule has 1 aromatic carbocycles. The molecule has 2 aliphatic carbocycles. The largest absolute Gasteiger partial charge is 0.444 e. The number of nitrogens with one attached hydrogen (secondary N) is 3. The lowest BCUT2D eigenvalue weighted by Gasteiger charge is -2.31. The molecule has 2 fully saturated rings. The first-order chi connectivity index (χ1) is 13.8. The van der Waals surface area contributed by atoms with Gasteiger partial charge in [-0.3, -0.25) is 4.99 Å². The molecular formula is C23H37IN4O2. The van der Waals surface area contributed by atoms with Crippen molar-refractivity contribution in [1.82, 2.24) is 16.0 Å². The fourth-order valence-corrected chi connectivity index (χ4v) is 3.94. The number of hydrogen-bond acceptors (Lipinski definition) is 3. The number of aliphatic imine (C=N–C) groups is 1. The third-order valence-corrected chi connectivity index (χ3v) is 5.45. The van der Waals surface area contributed by atoms with Gasteiger partial charge < -0.3 is 20.7 Å². The van der Waals surface area contributed by atoms with Crippen LogP contribution in [0.15, 0.2) is 35.3 Å². The first-order valence-corrected chi connectivity index (χ1v) is 11.0. The Balaban J connectivity index is 0.00000320. The molecule has 0 spiro atoms. The van der Waals surface area contributed by atoms with Gasteiger partial charge >= 0.3 is 6.09 Å². The van der Waals surface area contributed by atoms with Gasteiger partial charge in [0.25, 0.3) is 0 Å². The Kier molecular flexibility index (Phi) is 9.25. The van der Waals surface area contributed by atoms with Crippen molar-refractivity contribution in [3.05, 3.63) is 35.9 Å². The molecular weight excluding hydrogens is 491 g/mol. The van der Waals surface area contributed by atoms with Gasteiger partial charge in [-0.15, -0.1) is 24.0 Å². The molecule has 2 saturated carbocycles. The molecule has 1 aromatic rings. The fraction of sp³-hybridized carbons (Fsp3) is 0.652. The van der Waals surface area contributed by atoms with Crippen LogP contribution in [-0.4, -0.2) is 42.3 Å². The first kappa shape index (κ1) is 24.8. The van der Waals surface area contributed by atoms with Crippen LogP contribution < -0.4 is 16.0 Å². The smallest absolute Gasteiger partial charge is 0.407 e. The summed E-state index contributed by atoms with van der Waals surface area (Å²) in [5.41, 5.74) is 0.940. The van der Waals surface area contributed by atoms with Gasteiger partial charge in [0, 0.05) is 30.6 Å². The molecule has 3 N–H and O–H groups in total. The quantitative estimate of drug-likeness (QED) is 0.298. The van der Waals surface area contributed by atoms with Gasteiger partial charge in [-0.1, -0.05) is 30.3 Å². The summed E-state index contributed by atoms with van der Waals surface area (Å²) in [7, 11) is 0. The third-order valence-electron chi connectivity index (χ3n) is 5.45. The van der Waals surface area contributed by atoms with Crippen LogP contribution in [0.25, 0.3) is 0 Å². The maximum atomic E-state index is 12.0. The summed E-state index contributed by atoms with van der Waals surface area (Å²) in [6.07, 6.45) is 4.76. The second kappa shape index (κ2) is 11.2. The average molecular weight is 528 g/mol. The molecule has 2 aliphatic rings. The molecule has 0 heterocycles. The lowest BCUT2D eigenvalue weighted by atomic mass is 9.91. The number of rotatable bonds is 5. The highest BCUT2D eigenvalue weighted by Gasteiger charge is 2.39. The Bertz CT molecular complexity index is 697. The maximum Gasteiger partial charge on any atom is 0.407 e. The average Bonchev–Trinajstić information content (AvgIpc) is 3.42. The van der Waals surface area contributed by atoms with Crippen LogP contribution in [0.3, 0.4) is 0 Å². The number of carbonyl (C=O) groups is 1. The van der Waals surface area contributed by atoms with Crippen molar-refractivity contribution in [2.24, 2.45) is 4.99 Å². The summed E-state index contributed by atoms with van der Waals surface area (Å²) in [4.78, 5) is 16.6. The van der Waals surface area contributed by atoms with Crippen molar-refractivity contribution in [3.8, 4) is 0 Å². The van der Waals surface area contributed by atoms with Crippen LogP contribution >= 0.6 is 24.0 Å². The van der Waals surface area contributed by atoms with E-state index < -0.39 is 5.60 Å². The number of hydrogen-bond donors (Lipinski definition) is 3. The van der Waals surface area contributed by atoms with Crippen molar-refractivity contribution >= 4 is 36.0 Å². The van der Waals surface area contributed by atoms with E-state index in [0.29, 0.717) is 18.0 Å². The minimum absolute atomic E-state index is 0. The highest BCUT2D eigenvalue weighted by Crippen LogP contribution is 2.40. The predicted molar refractivity (Wildman–Crippen MR) is 133 cm³/mol. The Morgan fingerprint density at radius 3 is 2.20 bits per heavy atom. The maximum absolute atomic E-state index is 12.0. The SMILES string of the molecule is CCN=C(NC1CCC(NC(=O)OC(C)(C)C)CC1)NC1CC1c1ccccc1.I.